The van der Waals surface area contributed by atoms with E-state index in [2.05, 4.69) is 31.9 Å². The normalized spacial score (nSPS) is 48.6. The second-order valence-electron chi connectivity index (χ2n) is 17.1. The zero-order valence-electron chi connectivity index (χ0n) is 28.4. The minimum atomic E-state index is -0.303. The van der Waals surface area contributed by atoms with E-state index in [1.54, 1.807) is 0 Å². The van der Waals surface area contributed by atoms with Gasteiger partial charge in [-0.05, 0) is 149 Å². The van der Waals surface area contributed by atoms with Crippen LogP contribution in [0.15, 0.2) is 11.6 Å². The molecule has 0 bridgehead atoms. The van der Waals surface area contributed by atoms with Gasteiger partial charge in [-0.15, -0.1) is 0 Å². The second kappa shape index (κ2) is 11.4. The van der Waals surface area contributed by atoms with Gasteiger partial charge in [-0.3, -0.25) is 9.69 Å². The summed E-state index contributed by atoms with van der Waals surface area (Å²) in [6.45, 7) is 9.59. The van der Waals surface area contributed by atoms with E-state index in [1.807, 2.05) is 11.8 Å². The van der Waals surface area contributed by atoms with E-state index in [9.17, 15) is 9.59 Å². The van der Waals surface area contributed by atoms with E-state index in [-0.39, 0.29) is 24.5 Å². The molecule has 8 rings (SSSR count). The number of rotatable bonds is 8. The average Bonchev–Trinajstić information content (AvgIpc) is 3.95. The number of hydrogen-bond donors (Lipinski definition) is 0. The number of carbonyl (C=O) groups is 2. The number of carbonyl (C=O) groups excluding carboxylic acids is 2. The van der Waals surface area contributed by atoms with Crippen LogP contribution in [0.2, 0.25) is 0 Å². The molecule has 2 heterocycles. The summed E-state index contributed by atoms with van der Waals surface area (Å²) in [4.78, 5) is 28.4. The fourth-order valence-electron chi connectivity index (χ4n) is 12.6. The standard InChI is InChI=1S/C38H58N2O5/c1-5-27-28-10-11-29-31-19-33-30(9-8-26(44-33)20-39(4)24(2)22-41)36(31,3)14-15-38(29)23-37(28,38)13-12-32(27)45-35-21-40(16-17-43-35)34(42)18-25-6-7-25/h5,22,24-26,28-33,35H,6-21,23H2,1-4H3/b27-5-. The van der Waals surface area contributed by atoms with Gasteiger partial charge in [0.15, 0.2) is 6.29 Å². The summed E-state index contributed by atoms with van der Waals surface area (Å²) in [7, 11) is 2.06. The topological polar surface area (TPSA) is 68.3 Å². The number of ether oxygens (including phenoxy) is 3. The molecule has 8 fully saturated rings. The summed E-state index contributed by atoms with van der Waals surface area (Å²) < 4.78 is 19.8. The van der Waals surface area contributed by atoms with Gasteiger partial charge in [-0.25, -0.2) is 0 Å². The van der Waals surface area contributed by atoms with Crippen LogP contribution in [0.4, 0.5) is 0 Å². The molecule has 12 unspecified atom stereocenters. The van der Waals surface area contributed by atoms with Gasteiger partial charge < -0.3 is 23.9 Å². The Morgan fingerprint density at radius 1 is 1.07 bits per heavy atom. The summed E-state index contributed by atoms with van der Waals surface area (Å²) in [6.07, 6.45) is 19.9. The van der Waals surface area contributed by atoms with Crippen molar-refractivity contribution in [3.63, 3.8) is 0 Å². The van der Waals surface area contributed by atoms with Crippen LogP contribution >= 0.6 is 0 Å². The van der Waals surface area contributed by atoms with Gasteiger partial charge in [0.05, 0.1) is 37.5 Å². The van der Waals surface area contributed by atoms with Crippen molar-refractivity contribution in [2.45, 2.75) is 135 Å². The number of hydrogen-bond acceptors (Lipinski definition) is 6. The van der Waals surface area contributed by atoms with Gasteiger partial charge in [-0.2, -0.15) is 0 Å². The van der Waals surface area contributed by atoms with Crippen molar-refractivity contribution in [2.24, 2.45) is 45.8 Å². The van der Waals surface area contributed by atoms with Crippen LogP contribution in [0.3, 0.4) is 0 Å². The van der Waals surface area contributed by atoms with Crippen LogP contribution in [0.25, 0.3) is 0 Å². The van der Waals surface area contributed by atoms with Crippen molar-refractivity contribution in [1.29, 1.82) is 0 Å². The van der Waals surface area contributed by atoms with E-state index >= 15 is 0 Å². The molecule has 45 heavy (non-hydrogen) atoms. The van der Waals surface area contributed by atoms with Crippen molar-refractivity contribution in [3.05, 3.63) is 11.6 Å². The number of aldehydes is 1. The van der Waals surface area contributed by atoms with Gasteiger partial charge in [0.25, 0.3) is 0 Å². The number of allylic oxidation sites excluding steroid dienone is 1. The maximum Gasteiger partial charge on any atom is 0.223 e. The van der Waals surface area contributed by atoms with Gasteiger partial charge in [0, 0.05) is 19.5 Å². The smallest absolute Gasteiger partial charge is 0.223 e. The molecule has 7 nitrogen and oxygen atoms in total. The Balaban J connectivity index is 0.934. The molecule has 7 heteroatoms. The van der Waals surface area contributed by atoms with Crippen molar-refractivity contribution in [2.75, 3.05) is 33.3 Å². The lowest BCUT2D eigenvalue weighted by molar-refractivity contribution is -0.205. The van der Waals surface area contributed by atoms with E-state index in [0.717, 1.165) is 37.5 Å². The Kier molecular flexibility index (Phi) is 7.87. The van der Waals surface area contributed by atoms with Gasteiger partial charge in [0.1, 0.15) is 6.29 Å². The minimum absolute atomic E-state index is 0.0512. The molecule has 6 saturated carbocycles. The molecule has 1 amide bonds. The van der Waals surface area contributed by atoms with Crippen LogP contribution < -0.4 is 0 Å². The monoisotopic (exact) mass is 622 g/mol. The summed E-state index contributed by atoms with van der Waals surface area (Å²) in [5, 5.41) is 0. The Morgan fingerprint density at radius 2 is 1.89 bits per heavy atom. The molecule has 0 aromatic rings. The molecule has 0 radical (unpaired) electrons. The number of fused-ring (bicyclic) bond motifs is 4. The highest BCUT2D eigenvalue weighted by Crippen LogP contribution is 2.86. The lowest BCUT2D eigenvalue weighted by Crippen LogP contribution is -2.51. The highest BCUT2D eigenvalue weighted by atomic mass is 16.7. The molecule has 2 saturated heterocycles. The third kappa shape index (κ3) is 4.94. The SMILES string of the molecule is C/C=C1\C(OC2CN(C(=O)CC3CC3)CCO2)CCC23CC24CCC2(C)C5CCC(CN(C)C(C)C=O)OC5CC2C4CCC13. The Labute approximate surface area is 271 Å². The predicted octanol–water partition coefficient (Wildman–Crippen LogP) is 6.00. The van der Waals surface area contributed by atoms with Crippen LogP contribution in [0.5, 0.6) is 0 Å². The zero-order valence-corrected chi connectivity index (χ0v) is 28.4. The molecule has 0 aromatic heterocycles. The maximum atomic E-state index is 12.8. The molecule has 0 N–H and O–H groups in total. The zero-order chi connectivity index (χ0) is 31.1. The molecule has 0 aromatic carbocycles. The third-order valence-electron chi connectivity index (χ3n) is 15.2. The molecule has 6 aliphatic carbocycles. The maximum absolute atomic E-state index is 12.8. The lowest BCUT2D eigenvalue weighted by atomic mass is 9.49. The molecular weight excluding hydrogens is 564 g/mol. The molecule has 2 spiro atoms. The molecule has 250 valence electrons. The molecular formula is C38H58N2O5. The highest BCUT2D eigenvalue weighted by molar-refractivity contribution is 5.76. The van der Waals surface area contributed by atoms with Crippen molar-refractivity contribution < 1.29 is 23.8 Å². The van der Waals surface area contributed by atoms with Crippen molar-refractivity contribution in [3.8, 4) is 0 Å². The molecule has 12 atom stereocenters. The fraction of sp³-hybridized carbons (Fsp3) is 0.895. The molecule has 2 aliphatic heterocycles. The first-order chi connectivity index (χ1) is 21.7. The Hall–Kier alpha value is -1.28. The second-order valence-corrected chi connectivity index (χ2v) is 17.1. The quantitative estimate of drug-likeness (QED) is 0.244. The molecule has 8 aliphatic rings. The number of amides is 1. The number of morpholine rings is 1. The third-order valence-corrected chi connectivity index (χ3v) is 15.2. The van der Waals surface area contributed by atoms with Crippen molar-refractivity contribution in [1.82, 2.24) is 9.80 Å². The lowest BCUT2D eigenvalue weighted by Gasteiger charge is -2.56. The van der Waals surface area contributed by atoms with Crippen LogP contribution in [-0.2, 0) is 23.8 Å². The number of nitrogens with zero attached hydrogens (tertiary/aromatic N) is 2. The van der Waals surface area contributed by atoms with Crippen LogP contribution in [0.1, 0.15) is 104 Å². The van der Waals surface area contributed by atoms with Gasteiger partial charge in [0.2, 0.25) is 5.91 Å². The highest BCUT2D eigenvalue weighted by Gasteiger charge is 2.79. The summed E-state index contributed by atoms with van der Waals surface area (Å²) in [5.74, 6) is 3.85. The average molecular weight is 623 g/mol. The summed E-state index contributed by atoms with van der Waals surface area (Å²) in [5.41, 5.74) is 2.92. The van der Waals surface area contributed by atoms with Gasteiger partial charge >= 0.3 is 0 Å². The largest absolute Gasteiger partial charge is 0.373 e. The first-order valence-electron chi connectivity index (χ1n) is 18.7. The van der Waals surface area contributed by atoms with E-state index in [1.165, 1.54) is 69.8 Å². The summed E-state index contributed by atoms with van der Waals surface area (Å²) in [6, 6.07) is -0.0512. The minimum Gasteiger partial charge on any atom is -0.373 e. The Bertz CT molecular complexity index is 1200. The predicted molar refractivity (Wildman–Crippen MR) is 172 cm³/mol. The van der Waals surface area contributed by atoms with Gasteiger partial charge in [-0.1, -0.05) is 13.0 Å². The van der Waals surface area contributed by atoms with E-state index < -0.39 is 0 Å². The van der Waals surface area contributed by atoms with Crippen LogP contribution in [-0.4, -0.2) is 85.9 Å². The number of likely N-dealkylation sites (N-methyl/N-ethyl adjacent to an activating group) is 1. The summed E-state index contributed by atoms with van der Waals surface area (Å²) >= 11 is 0. The first kappa shape index (κ1) is 31.0. The first-order valence-corrected chi connectivity index (χ1v) is 18.7. The van der Waals surface area contributed by atoms with Crippen molar-refractivity contribution >= 4 is 12.2 Å². The van der Waals surface area contributed by atoms with E-state index in [4.69, 9.17) is 14.2 Å². The van der Waals surface area contributed by atoms with Crippen LogP contribution in [0, 0.1) is 45.8 Å². The van der Waals surface area contributed by atoms with E-state index in [0.29, 0.717) is 72.1 Å². The Morgan fingerprint density at radius 3 is 2.67 bits per heavy atom. The fourth-order valence-corrected chi connectivity index (χ4v) is 12.6.